The molecule has 0 aliphatic carbocycles. The molecule has 0 bridgehead atoms. The third-order valence-corrected chi connectivity index (χ3v) is 5.84. The fourth-order valence-electron chi connectivity index (χ4n) is 4.21. The van der Waals surface area contributed by atoms with Crippen LogP contribution in [0.1, 0.15) is 31.2 Å². The van der Waals surface area contributed by atoms with E-state index in [1.54, 1.807) is 0 Å². The summed E-state index contributed by atoms with van der Waals surface area (Å²) in [6, 6.07) is 7.72. The van der Waals surface area contributed by atoms with Crippen molar-refractivity contribution in [2.45, 2.75) is 37.8 Å². The Morgan fingerprint density at radius 2 is 1.88 bits per heavy atom. The lowest BCUT2D eigenvalue weighted by Gasteiger charge is -2.33. The molecule has 3 heterocycles. The summed E-state index contributed by atoms with van der Waals surface area (Å²) in [5.41, 5.74) is 1.46. The Bertz CT molecular complexity index is 743. The van der Waals surface area contributed by atoms with Crippen LogP contribution < -0.4 is 0 Å². The standard InChI is InChI=1S/C20H27ClN4O/c21-18-6-2-3-7-19(18)25-14-17(12-22-25)13-24-11-8-20(26,16-24)15-23-9-4-1-5-10-23/h2-3,6-7,12,14,26H,1,4-5,8-11,13,15-16H2/t20-/m0/s1. The number of rotatable bonds is 5. The first-order valence-electron chi connectivity index (χ1n) is 9.57. The van der Waals surface area contributed by atoms with Crippen molar-refractivity contribution in [3.05, 3.63) is 47.2 Å². The van der Waals surface area contributed by atoms with Gasteiger partial charge in [0.1, 0.15) is 0 Å². The molecule has 4 rings (SSSR count). The average molecular weight is 375 g/mol. The first-order chi connectivity index (χ1) is 12.6. The maximum atomic E-state index is 11.0. The molecule has 0 spiro atoms. The highest BCUT2D eigenvalue weighted by Gasteiger charge is 2.37. The van der Waals surface area contributed by atoms with Crippen LogP contribution in [0.4, 0.5) is 0 Å². The van der Waals surface area contributed by atoms with E-state index in [2.05, 4.69) is 14.9 Å². The van der Waals surface area contributed by atoms with Gasteiger partial charge < -0.3 is 10.0 Å². The van der Waals surface area contributed by atoms with Crippen molar-refractivity contribution in [2.75, 3.05) is 32.7 Å². The number of benzene rings is 1. The van der Waals surface area contributed by atoms with Crippen molar-refractivity contribution in [1.82, 2.24) is 19.6 Å². The molecule has 5 nitrogen and oxygen atoms in total. The molecule has 2 saturated heterocycles. The smallest absolute Gasteiger partial charge is 0.0912 e. The molecule has 2 fully saturated rings. The van der Waals surface area contributed by atoms with Gasteiger partial charge in [-0.1, -0.05) is 30.2 Å². The molecular weight excluding hydrogens is 348 g/mol. The van der Waals surface area contributed by atoms with Crippen molar-refractivity contribution in [3.8, 4) is 5.69 Å². The summed E-state index contributed by atoms with van der Waals surface area (Å²) in [6.45, 7) is 5.55. The van der Waals surface area contributed by atoms with Crippen LogP contribution in [0.5, 0.6) is 0 Å². The Kier molecular flexibility index (Phi) is 5.32. The van der Waals surface area contributed by atoms with Crippen molar-refractivity contribution < 1.29 is 5.11 Å². The number of halogens is 1. The van der Waals surface area contributed by atoms with E-state index in [-0.39, 0.29) is 0 Å². The van der Waals surface area contributed by atoms with Crippen LogP contribution in [0.15, 0.2) is 36.7 Å². The van der Waals surface area contributed by atoms with Crippen LogP contribution in [-0.4, -0.2) is 63.0 Å². The van der Waals surface area contributed by atoms with Crippen molar-refractivity contribution in [3.63, 3.8) is 0 Å². The lowest BCUT2D eigenvalue weighted by Crippen LogP contribution is -2.46. The lowest BCUT2D eigenvalue weighted by atomic mass is 10.0. The largest absolute Gasteiger partial charge is 0.387 e. The topological polar surface area (TPSA) is 44.5 Å². The second kappa shape index (κ2) is 7.69. The molecule has 140 valence electrons. The van der Waals surface area contributed by atoms with Crippen molar-refractivity contribution in [1.29, 1.82) is 0 Å². The van der Waals surface area contributed by atoms with Crippen molar-refractivity contribution >= 4 is 11.6 Å². The van der Waals surface area contributed by atoms with Crippen LogP contribution in [0.3, 0.4) is 0 Å². The molecule has 0 amide bonds. The van der Waals surface area contributed by atoms with Gasteiger partial charge in [-0.15, -0.1) is 0 Å². The Labute approximate surface area is 160 Å². The highest BCUT2D eigenvalue weighted by atomic mass is 35.5. The first kappa shape index (κ1) is 18.0. The molecule has 0 radical (unpaired) electrons. The third-order valence-electron chi connectivity index (χ3n) is 5.52. The molecule has 26 heavy (non-hydrogen) atoms. The zero-order valence-electron chi connectivity index (χ0n) is 15.1. The number of likely N-dealkylation sites (tertiary alicyclic amines) is 2. The Morgan fingerprint density at radius 1 is 1.08 bits per heavy atom. The van der Waals surface area contributed by atoms with Gasteiger partial charge in [-0.3, -0.25) is 4.90 Å². The van der Waals surface area contributed by atoms with Gasteiger partial charge in [0.2, 0.25) is 0 Å². The van der Waals surface area contributed by atoms with Gasteiger partial charge in [-0.2, -0.15) is 5.10 Å². The molecule has 1 atom stereocenters. The Balaban J connectivity index is 1.36. The minimum Gasteiger partial charge on any atom is -0.387 e. The number of hydrogen-bond acceptors (Lipinski definition) is 4. The zero-order valence-corrected chi connectivity index (χ0v) is 15.9. The molecule has 6 heteroatoms. The SMILES string of the molecule is O[C@]1(CN2CCCCC2)CCN(Cc2cnn(-c3ccccc3Cl)c2)C1. The summed E-state index contributed by atoms with van der Waals surface area (Å²) >= 11 is 6.26. The molecule has 1 N–H and O–H groups in total. The van der Waals surface area contributed by atoms with Gasteiger partial charge in [0, 0.05) is 37.9 Å². The fraction of sp³-hybridized carbons (Fsp3) is 0.550. The predicted octanol–water partition coefficient (Wildman–Crippen LogP) is 2.95. The highest BCUT2D eigenvalue weighted by molar-refractivity contribution is 6.32. The number of hydrogen-bond donors (Lipinski definition) is 1. The predicted molar refractivity (Wildman–Crippen MR) is 104 cm³/mol. The summed E-state index contributed by atoms with van der Waals surface area (Å²) in [5, 5.41) is 16.1. The van der Waals surface area contributed by atoms with Crippen molar-refractivity contribution in [2.24, 2.45) is 0 Å². The molecule has 2 aromatic rings. The quantitative estimate of drug-likeness (QED) is 0.873. The van der Waals surface area contributed by atoms with E-state index in [0.29, 0.717) is 5.02 Å². The van der Waals surface area contributed by atoms with Gasteiger partial charge in [0.25, 0.3) is 0 Å². The monoisotopic (exact) mass is 374 g/mol. The summed E-state index contributed by atoms with van der Waals surface area (Å²) in [5.74, 6) is 0. The molecule has 2 aliphatic rings. The molecule has 2 aliphatic heterocycles. The van der Waals surface area contributed by atoms with Gasteiger partial charge >= 0.3 is 0 Å². The minimum atomic E-state index is -0.573. The third kappa shape index (κ3) is 4.12. The lowest BCUT2D eigenvalue weighted by molar-refractivity contribution is 0.00635. The molecule has 0 saturated carbocycles. The van der Waals surface area contributed by atoms with Gasteiger partial charge in [-0.25, -0.2) is 4.68 Å². The molecule has 1 aromatic heterocycles. The van der Waals surface area contributed by atoms with Crippen LogP contribution in [0.2, 0.25) is 5.02 Å². The fourth-order valence-corrected chi connectivity index (χ4v) is 4.43. The summed E-state index contributed by atoms with van der Waals surface area (Å²) in [7, 11) is 0. The van der Waals surface area contributed by atoms with Gasteiger partial charge in [0.15, 0.2) is 0 Å². The van der Waals surface area contributed by atoms with Crippen LogP contribution >= 0.6 is 11.6 Å². The first-order valence-corrected chi connectivity index (χ1v) is 9.95. The number of nitrogens with zero attached hydrogens (tertiary/aromatic N) is 4. The second-order valence-corrected chi connectivity index (χ2v) is 8.17. The molecule has 0 unspecified atom stereocenters. The Morgan fingerprint density at radius 3 is 2.69 bits per heavy atom. The maximum absolute atomic E-state index is 11.0. The van der Waals surface area contributed by atoms with E-state index in [1.807, 2.05) is 41.3 Å². The van der Waals surface area contributed by atoms with E-state index < -0.39 is 5.60 Å². The van der Waals surface area contributed by atoms with Gasteiger partial charge in [0.05, 0.1) is 22.5 Å². The summed E-state index contributed by atoms with van der Waals surface area (Å²) in [4.78, 5) is 4.76. The van der Waals surface area contributed by atoms with E-state index in [4.69, 9.17) is 11.6 Å². The van der Waals surface area contributed by atoms with Crippen LogP contribution in [0, 0.1) is 0 Å². The van der Waals surface area contributed by atoms with E-state index in [0.717, 1.165) is 56.9 Å². The molecule has 1 aromatic carbocycles. The van der Waals surface area contributed by atoms with E-state index in [9.17, 15) is 5.11 Å². The number of aliphatic hydroxyl groups is 1. The number of para-hydroxylation sites is 1. The van der Waals surface area contributed by atoms with Gasteiger partial charge in [-0.05, 0) is 44.5 Å². The Hall–Kier alpha value is -1.40. The second-order valence-electron chi connectivity index (χ2n) is 7.77. The summed E-state index contributed by atoms with van der Waals surface area (Å²) < 4.78 is 1.83. The number of β-amino-alcohol motifs (C(OH)–C–C–N with tert-alkyl or cyclic N) is 1. The summed E-state index contributed by atoms with van der Waals surface area (Å²) in [6.07, 6.45) is 8.63. The van der Waals surface area contributed by atoms with E-state index in [1.165, 1.54) is 19.3 Å². The number of aromatic nitrogens is 2. The number of piperidine rings is 1. The highest BCUT2D eigenvalue weighted by Crippen LogP contribution is 2.26. The zero-order chi connectivity index (χ0) is 18.0. The maximum Gasteiger partial charge on any atom is 0.0912 e. The molecular formula is C20H27ClN4O. The minimum absolute atomic E-state index is 0.573. The average Bonchev–Trinajstić information content (AvgIpc) is 3.23. The van der Waals surface area contributed by atoms with Crippen LogP contribution in [0.25, 0.3) is 5.69 Å². The normalized spacial score (nSPS) is 25.0. The van der Waals surface area contributed by atoms with E-state index >= 15 is 0 Å². The van der Waals surface area contributed by atoms with Crippen LogP contribution in [-0.2, 0) is 6.54 Å².